The van der Waals surface area contributed by atoms with Crippen molar-refractivity contribution in [3.8, 4) is 17.1 Å². The smallest absolute Gasteiger partial charge is 0.281 e. The number of fused-ring (bicyclic) bond motifs is 1. The van der Waals surface area contributed by atoms with E-state index in [9.17, 15) is 4.79 Å². The molecule has 1 amide bonds. The molecule has 6 rings (SSSR count). The van der Waals surface area contributed by atoms with Gasteiger partial charge >= 0.3 is 0 Å². The van der Waals surface area contributed by atoms with Crippen molar-refractivity contribution in [1.82, 2.24) is 14.8 Å². The average molecular weight is 467 g/mol. The van der Waals surface area contributed by atoms with Crippen molar-refractivity contribution >= 4 is 22.4 Å². The van der Waals surface area contributed by atoms with Gasteiger partial charge in [0.15, 0.2) is 16.6 Å². The fourth-order valence-corrected chi connectivity index (χ4v) is 5.19. The Morgan fingerprint density at radius 1 is 1.00 bits per heavy atom. The zero-order chi connectivity index (χ0) is 23.2. The molecule has 168 valence electrons. The second-order valence-corrected chi connectivity index (χ2v) is 9.42. The monoisotopic (exact) mass is 466 g/mol. The quantitative estimate of drug-likeness (QED) is 0.298. The first kappa shape index (κ1) is 20.6. The molecule has 7 heteroatoms. The number of benzene rings is 2. The van der Waals surface area contributed by atoms with Crippen LogP contribution in [0.2, 0.25) is 0 Å². The minimum Gasteiger partial charge on any atom is -0.463 e. The van der Waals surface area contributed by atoms with Crippen molar-refractivity contribution in [2.75, 3.05) is 4.90 Å². The zero-order valence-electron chi connectivity index (χ0n) is 18.8. The molecule has 0 bridgehead atoms. The lowest BCUT2D eigenvalue weighted by atomic mass is 9.95. The van der Waals surface area contributed by atoms with E-state index < -0.39 is 0 Å². The van der Waals surface area contributed by atoms with Gasteiger partial charge in [-0.1, -0.05) is 56.3 Å². The summed E-state index contributed by atoms with van der Waals surface area (Å²) in [5, 5.41) is 7.36. The van der Waals surface area contributed by atoms with Gasteiger partial charge in [-0.25, -0.2) is 9.67 Å². The Labute approximate surface area is 201 Å². The lowest BCUT2D eigenvalue weighted by Gasteiger charge is -2.25. The summed E-state index contributed by atoms with van der Waals surface area (Å²) in [4.78, 5) is 20.0. The third kappa shape index (κ3) is 3.20. The summed E-state index contributed by atoms with van der Waals surface area (Å²) in [5.74, 6) is 0.921. The molecule has 1 atom stereocenters. The van der Waals surface area contributed by atoms with Gasteiger partial charge in [0.05, 0.1) is 18.0 Å². The zero-order valence-corrected chi connectivity index (χ0v) is 19.6. The lowest BCUT2D eigenvalue weighted by molar-refractivity contribution is 0.0988. The second-order valence-electron chi connectivity index (χ2n) is 8.55. The van der Waals surface area contributed by atoms with Gasteiger partial charge in [-0.15, -0.1) is 11.3 Å². The van der Waals surface area contributed by atoms with Crippen LogP contribution in [0, 0.1) is 0 Å². The molecule has 6 nitrogen and oxygen atoms in total. The minimum absolute atomic E-state index is 0.162. The first-order valence-electron chi connectivity index (χ1n) is 11.2. The van der Waals surface area contributed by atoms with E-state index in [0.717, 1.165) is 22.5 Å². The highest BCUT2D eigenvalue weighted by atomic mass is 32.1. The van der Waals surface area contributed by atoms with E-state index in [4.69, 9.17) is 9.52 Å². The molecule has 4 heterocycles. The van der Waals surface area contributed by atoms with Crippen molar-refractivity contribution in [2.24, 2.45) is 0 Å². The molecule has 0 aliphatic carbocycles. The highest BCUT2D eigenvalue weighted by Crippen LogP contribution is 2.47. The van der Waals surface area contributed by atoms with Crippen LogP contribution in [0.4, 0.5) is 5.13 Å². The number of hydrogen-bond acceptors (Lipinski definition) is 5. The van der Waals surface area contributed by atoms with Crippen molar-refractivity contribution in [1.29, 1.82) is 0 Å². The van der Waals surface area contributed by atoms with Crippen molar-refractivity contribution < 1.29 is 9.21 Å². The molecule has 0 radical (unpaired) electrons. The van der Waals surface area contributed by atoms with Crippen LogP contribution in [0.15, 0.2) is 89.0 Å². The van der Waals surface area contributed by atoms with Gasteiger partial charge < -0.3 is 4.42 Å². The fraction of sp³-hybridized carbons (Fsp3) is 0.148. The van der Waals surface area contributed by atoms with Gasteiger partial charge in [-0.3, -0.25) is 9.69 Å². The topological polar surface area (TPSA) is 64.2 Å². The normalized spacial score (nSPS) is 15.3. The summed E-state index contributed by atoms with van der Waals surface area (Å²) in [5.41, 5.74) is 5.15. The summed E-state index contributed by atoms with van der Waals surface area (Å²) in [6.07, 6.45) is 3.37. The molecule has 3 aromatic heterocycles. The summed E-state index contributed by atoms with van der Waals surface area (Å²) in [6, 6.07) is 21.7. The van der Waals surface area contributed by atoms with Crippen LogP contribution in [-0.4, -0.2) is 20.7 Å². The van der Waals surface area contributed by atoms with Crippen molar-refractivity contribution in [3.63, 3.8) is 0 Å². The van der Waals surface area contributed by atoms with Crippen LogP contribution < -0.4 is 4.90 Å². The number of para-hydroxylation sites is 1. The van der Waals surface area contributed by atoms with E-state index >= 15 is 0 Å². The van der Waals surface area contributed by atoms with Crippen molar-refractivity contribution in [2.45, 2.75) is 25.8 Å². The highest BCUT2D eigenvalue weighted by molar-refractivity contribution is 7.13. The Morgan fingerprint density at radius 3 is 2.44 bits per heavy atom. The average Bonchev–Trinajstić information content (AvgIpc) is 3.65. The van der Waals surface area contributed by atoms with Crippen LogP contribution in [-0.2, 0) is 0 Å². The van der Waals surface area contributed by atoms with Crippen LogP contribution >= 0.6 is 11.3 Å². The predicted molar refractivity (Wildman–Crippen MR) is 133 cm³/mol. The third-order valence-corrected chi connectivity index (χ3v) is 6.95. The van der Waals surface area contributed by atoms with E-state index in [-0.39, 0.29) is 11.9 Å². The number of carbonyl (C=O) groups excluding carboxylic acids is 1. The Kier molecular flexibility index (Phi) is 4.92. The maximum atomic E-state index is 13.8. The summed E-state index contributed by atoms with van der Waals surface area (Å²) < 4.78 is 7.67. The van der Waals surface area contributed by atoms with Gasteiger partial charge in [0.1, 0.15) is 5.69 Å². The summed E-state index contributed by atoms with van der Waals surface area (Å²) in [6.45, 7) is 4.35. The van der Waals surface area contributed by atoms with Gasteiger partial charge in [-0.05, 0) is 41.3 Å². The maximum Gasteiger partial charge on any atom is 0.281 e. The number of hydrogen-bond donors (Lipinski definition) is 0. The van der Waals surface area contributed by atoms with E-state index in [1.54, 1.807) is 17.4 Å². The van der Waals surface area contributed by atoms with Gasteiger partial charge in [0.25, 0.3) is 5.91 Å². The molecule has 0 N–H and O–H groups in total. The fourth-order valence-electron chi connectivity index (χ4n) is 4.53. The minimum atomic E-state index is -0.368. The van der Waals surface area contributed by atoms with Crippen LogP contribution in [0.3, 0.4) is 0 Å². The molecule has 1 unspecified atom stereocenters. The van der Waals surface area contributed by atoms with E-state index in [1.807, 2.05) is 52.5 Å². The molecule has 0 spiro atoms. The number of amides is 1. The Bertz CT molecular complexity index is 1440. The number of rotatable bonds is 5. The largest absolute Gasteiger partial charge is 0.463 e. The number of furan rings is 1. The number of thiazole rings is 1. The standard InChI is InChI=1S/C27H22N4O2S/c1-17(2)18-10-12-19(13-11-18)24-22-23(26(32)30(24)27-28-14-16-34-27)29-31(20-7-4-3-5-8-20)25(22)21-9-6-15-33-21/h3-17,24H,1-2H3. The molecule has 0 fully saturated rings. The SMILES string of the molecule is CC(C)c1ccc(C2c3c(nn(-c4ccccc4)c3-c3ccco3)C(=O)N2c2nccs2)cc1. The van der Waals surface area contributed by atoms with Crippen molar-refractivity contribution in [3.05, 3.63) is 107 Å². The Hall–Kier alpha value is -3.97. The molecule has 0 saturated carbocycles. The summed E-state index contributed by atoms with van der Waals surface area (Å²) in [7, 11) is 0. The molecule has 0 saturated heterocycles. The third-order valence-electron chi connectivity index (χ3n) is 6.17. The molecule has 2 aromatic carbocycles. The molecule has 34 heavy (non-hydrogen) atoms. The number of nitrogens with zero attached hydrogens (tertiary/aromatic N) is 4. The second kappa shape index (κ2) is 8.11. The van der Waals surface area contributed by atoms with Crippen LogP contribution in [0.5, 0.6) is 0 Å². The maximum absolute atomic E-state index is 13.8. The predicted octanol–water partition coefficient (Wildman–Crippen LogP) is 6.46. The van der Waals surface area contributed by atoms with Gasteiger partial charge in [0, 0.05) is 17.1 Å². The molecular weight excluding hydrogens is 444 g/mol. The van der Waals surface area contributed by atoms with Crippen LogP contribution in [0.25, 0.3) is 17.1 Å². The first-order chi connectivity index (χ1) is 16.6. The summed E-state index contributed by atoms with van der Waals surface area (Å²) >= 11 is 1.44. The van der Waals surface area contributed by atoms with Gasteiger partial charge in [-0.2, -0.15) is 5.10 Å². The lowest BCUT2D eigenvalue weighted by Crippen LogP contribution is -2.29. The van der Waals surface area contributed by atoms with E-state index in [2.05, 4.69) is 43.1 Å². The number of aromatic nitrogens is 3. The number of carbonyl (C=O) groups is 1. The van der Waals surface area contributed by atoms with Crippen LogP contribution in [0.1, 0.15) is 53.0 Å². The molecule has 1 aliphatic heterocycles. The first-order valence-corrected chi connectivity index (χ1v) is 12.1. The van der Waals surface area contributed by atoms with E-state index in [1.165, 1.54) is 16.9 Å². The Balaban J connectivity index is 1.61. The molecular formula is C27H22N4O2S. The molecule has 1 aliphatic rings. The number of anilines is 1. The van der Waals surface area contributed by atoms with Gasteiger partial charge in [0.2, 0.25) is 0 Å². The van der Waals surface area contributed by atoms with E-state index in [0.29, 0.717) is 22.5 Å². The highest BCUT2D eigenvalue weighted by Gasteiger charge is 2.46. The molecule has 5 aromatic rings. The Morgan fingerprint density at radius 2 is 1.79 bits per heavy atom.